The summed E-state index contributed by atoms with van der Waals surface area (Å²) >= 11 is 0. The molecule has 0 fully saturated rings. The Hall–Kier alpha value is -4.47. The van der Waals surface area contributed by atoms with Gasteiger partial charge in [-0.2, -0.15) is 4.31 Å². The Bertz CT molecular complexity index is 1570. The zero-order chi connectivity index (χ0) is 30.7. The molecule has 0 spiro atoms. The predicted octanol–water partition coefficient (Wildman–Crippen LogP) is 4.41. The topological polar surface area (TPSA) is 96.0 Å². The van der Waals surface area contributed by atoms with Crippen LogP contribution in [-0.4, -0.2) is 55.4 Å². The molecule has 4 aromatic carbocycles. The molecule has 2 amide bonds. The van der Waals surface area contributed by atoms with Crippen molar-refractivity contribution < 1.29 is 22.7 Å². The molecule has 0 saturated carbocycles. The van der Waals surface area contributed by atoms with Crippen molar-refractivity contribution in [1.82, 2.24) is 14.5 Å². The molecule has 43 heavy (non-hydrogen) atoms. The molecule has 0 aromatic heterocycles. The van der Waals surface area contributed by atoms with Crippen LogP contribution in [0.1, 0.15) is 22.3 Å². The molecule has 0 unspecified atom stereocenters. The number of ether oxygens (including phenoxy) is 1. The van der Waals surface area contributed by atoms with Crippen LogP contribution in [0.3, 0.4) is 0 Å². The molecule has 0 saturated heterocycles. The summed E-state index contributed by atoms with van der Waals surface area (Å²) in [5.74, 6) is -0.148. The first-order chi connectivity index (χ1) is 20.7. The van der Waals surface area contributed by atoms with Crippen molar-refractivity contribution in [3.8, 4) is 5.75 Å². The van der Waals surface area contributed by atoms with E-state index >= 15 is 0 Å². The quantitative estimate of drug-likeness (QED) is 0.232. The van der Waals surface area contributed by atoms with Crippen LogP contribution in [0.4, 0.5) is 0 Å². The minimum atomic E-state index is -3.76. The van der Waals surface area contributed by atoms with Gasteiger partial charge in [0.05, 0.1) is 19.9 Å². The number of methoxy groups -OCH3 is 1. The molecule has 0 radical (unpaired) electrons. The SMILES string of the molecule is COc1ccc(CN(C(=O)CN(Cc2ccccc2)S(C)(=O)=O)[C@@H](Cc2ccccc2)C(=O)NCc2ccccc2)cc1. The van der Waals surface area contributed by atoms with E-state index in [9.17, 15) is 18.0 Å². The molecule has 9 heteroatoms. The van der Waals surface area contributed by atoms with Crippen molar-refractivity contribution in [3.05, 3.63) is 138 Å². The van der Waals surface area contributed by atoms with Gasteiger partial charge in [0.15, 0.2) is 0 Å². The van der Waals surface area contributed by atoms with Gasteiger partial charge < -0.3 is 15.0 Å². The first kappa shape index (κ1) is 31.5. The molecule has 0 heterocycles. The Kier molecular flexibility index (Phi) is 11.1. The second kappa shape index (κ2) is 15.1. The molecule has 1 atom stereocenters. The molecule has 0 aliphatic rings. The fraction of sp³-hybridized carbons (Fsp3) is 0.235. The van der Waals surface area contributed by atoms with E-state index in [2.05, 4.69) is 5.32 Å². The molecule has 8 nitrogen and oxygen atoms in total. The number of rotatable bonds is 14. The van der Waals surface area contributed by atoms with Crippen molar-refractivity contribution in [3.63, 3.8) is 0 Å². The largest absolute Gasteiger partial charge is 0.497 e. The summed E-state index contributed by atoms with van der Waals surface area (Å²) in [6, 6.07) is 34.5. The van der Waals surface area contributed by atoms with Crippen LogP contribution in [0.5, 0.6) is 5.75 Å². The molecule has 0 aliphatic carbocycles. The fourth-order valence-electron chi connectivity index (χ4n) is 4.70. The van der Waals surface area contributed by atoms with Crippen molar-refractivity contribution >= 4 is 21.8 Å². The van der Waals surface area contributed by atoms with Gasteiger partial charge in [-0.3, -0.25) is 9.59 Å². The Labute approximate surface area is 254 Å². The van der Waals surface area contributed by atoms with E-state index in [4.69, 9.17) is 4.74 Å². The lowest BCUT2D eigenvalue weighted by molar-refractivity contribution is -0.141. The van der Waals surface area contributed by atoms with Crippen LogP contribution in [0, 0.1) is 0 Å². The summed E-state index contributed by atoms with van der Waals surface area (Å²) in [4.78, 5) is 29.5. The highest BCUT2D eigenvalue weighted by Gasteiger charge is 2.33. The van der Waals surface area contributed by atoms with Crippen LogP contribution < -0.4 is 10.1 Å². The summed E-state index contributed by atoms with van der Waals surface area (Å²) < 4.78 is 32.1. The van der Waals surface area contributed by atoms with Crippen molar-refractivity contribution in [2.24, 2.45) is 0 Å². The van der Waals surface area contributed by atoms with Crippen molar-refractivity contribution in [1.29, 1.82) is 0 Å². The van der Waals surface area contributed by atoms with Gasteiger partial charge in [0.2, 0.25) is 21.8 Å². The summed E-state index contributed by atoms with van der Waals surface area (Å²) in [5.41, 5.74) is 3.33. The number of benzene rings is 4. The number of hydrogen-bond donors (Lipinski definition) is 1. The van der Waals surface area contributed by atoms with Gasteiger partial charge in [0.1, 0.15) is 11.8 Å². The number of carbonyl (C=O) groups excluding carboxylic acids is 2. The van der Waals surface area contributed by atoms with Crippen molar-refractivity contribution in [2.45, 2.75) is 32.1 Å². The number of sulfonamides is 1. The van der Waals surface area contributed by atoms with Gasteiger partial charge in [-0.25, -0.2) is 8.42 Å². The van der Waals surface area contributed by atoms with E-state index in [1.54, 1.807) is 19.2 Å². The summed E-state index contributed by atoms with van der Waals surface area (Å²) in [5, 5.41) is 3.00. The van der Waals surface area contributed by atoms with Crippen LogP contribution in [0.25, 0.3) is 0 Å². The molecule has 1 N–H and O–H groups in total. The number of hydrogen-bond acceptors (Lipinski definition) is 5. The monoisotopic (exact) mass is 599 g/mol. The van der Waals surface area contributed by atoms with Gasteiger partial charge in [-0.15, -0.1) is 0 Å². The maximum atomic E-state index is 14.1. The molecule has 0 bridgehead atoms. The first-order valence-corrected chi connectivity index (χ1v) is 15.8. The van der Waals surface area contributed by atoms with E-state index in [1.165, 1.54) is 4.90 Å². The number of nitrogens with one attached hydrogen (secondary N) is 1. The molecular weight excluding hydrogens is 562 g/mol. The minimum absolute atomic E-state index is 0.0331. The average molecular weight is 600 g/mol. The van der Waals surface area contributed by atoms with E-state index in [1.807, 2.05) is 103 Å². The smallest absolute Gasteiger partial charge is 0.243 e. The third-order valence-electron chi connectivity index (χ3n) is 7.08. The van der Waals surface area contributed by atoms with E-state index in [0.29, 0.717) is 12.3 Å². The van der Waals surface area contributed by atoms with Crippen molar-refractivity contribution in [2.75, 3.05) is 19.9 Å². The highest BCUT2D eigenvalue weighted by atomic mass is 32.2. The normalized spacial score (nSPS) is 12.0. The summed E-state index contributed by atoms with van der Waals surface area (Å²) in [6.45, 7) is 0.00745. The van der Waals surface area contributed by atoms with Crippen LogP contribution in [0.2, 0.25) is 0 Å². The van der Waals surface area contributed by atoms with E-state index in [-0.39, 0.29) is 25.4 Å². The van der Waals surface area contributed by atoms with Gasteiger partial charge >= 0.3 is 0 Å². The summed E-state index contributed by atoms with van der Waals surface area (Å²) in [6.07, 6.45) is 1.34. The van der Waals surface area contributed by atoms with Crippen LogP contribution in [0.15, 0.2) is 115 Å². The standard InChI is InChI=1S/C34H37N3O5S/c1-42-31-20-18-30(19-21-31)25-37(33(38)26-36(43(2,40)41)24-29-16-10-5-11-17-29)32(22-27-12-6-3-7-13-27)34(39)35-23-28-14-8-4-9-15-28/h3-21,32H,22-26H2,1-2H3,(H,35,39)/t32-/m0/s1. The van der Waals surface area contributed by atoms with Gasteiger partial charge in [0, 0.05) is 26.1 Å². The zero-order valence-electron chi connectivity index (χ0n) is 24.4. The third kappa shape index (κ3) is 9.52. The average Bonchev–Trinajstić information content (AvgIpc) is 3.02. The lowest BCUT2D eigenvalue weighted by Gasteiger charge is -2.33. The Morgan fingerprint density at radius 2 is 1.23 bits per heavy atom. The predicted molar refractivity (Wildman–Crippen MR) is 167 cm³/mol. The first-order valence-electron chi connectivity index (χ1n) is 14.0. The number of carbonyl (C=O) groups is 2. The van der Waals surface area contributed by atoms with Gasteiger partial charge in [0.25, 0.3) is 0 Å². The van der Waals surface area contributed by atoms with Gasteiger partial charge in [-0.1, -0.05) is 103 Å². The zero-order valence-corrected chi connectivity index (χ0v) is 25.2. The summed E-state index contributed by atoms with van der Waals surface area (Å²) in [7, 11) is -2.18. The highest BCUT2D eigenvalue weighted by molar-refractivity contribution is 7.88. The van der Waals surface area contributed by atoms with Crippen LogP contribution >= 0.6 is 0 Å². The number of amides is 2. The van der Waals surface area contributed by atoms with E-state index < -0.39 is 28.5 Å². The van der Waals surface area contributed by atoms with Gasteiger partial charge in [-0.05, 0) is 34.4 Å². The van der Waals surface area contributed by atoms with E-state index in [0.717, 1.165) is 32.8 Å². The lowest BCUT2D eigenvalue weighted by atomic mass is 10.0. The molecular formula is C34H37N3O5S. The maximum absolute atomic E-state index is 14.1. The fourth-order valence-corrected chi connectivity index (χ4v) is 5.43. The second-order valence-corrected chi connectivity index (χ2v) is 12.3. The Morgan fingerprint density at radius 1 is 0.721 bits per heavy atom. The number of nitrogens with zero attached hydrogens (tertiary/aromatic N) is 2. The Morgan fingerprint density at radius 3 is 1.77 bits per heavy atom. The molecule has 4 rings (SSSR count). The second-order valence-electron chi connectivity index (χ2n) is 10.3. The molecule has 0 aliphatic heterocycles. The highest BCUT2D eigenvalue weighted by Crippen LogP contribution is 2.19. The molecule has 4 aromatic rings. The third-order valence-corrected chi connectivity index (χ3v) is 8.27. The maximum Gasteiger partial charge on any atom is 0.243 e. The van der Waals surface area contributed by atoms with Crippen LogP contribution in [-0.2, 0) is 45.7 Å². The molecule has 224 valence electrons. The minimum Gasteiger partial charge on any atom is -0.497 e. The Balaban J connectivity index is 1.68. The lowest BCUT2D eigenvalue weighted by Crippen LogP contribution is -2.53.